The molecule has 0 fully saturated rings. The fourth-order valence-electron chi connectivity index (χ4n) is 1.30. The molecule has 0 radical (unpaired) electrons. The van der Waals surface area contributed by atoms with Crippen LogP contribution in [0.1, 0.15) is 17.3 Å². The van der Waals surface area contributed by atoms with E-state index in [2.05, 4.69) is 0 Å². The molecule has 0 aromatic heterocycles. The largest absolute Gasteiger partial charge is 0.478 e. The van der Waals surface area contributed by atoms with E-state index in [1.54, 1.807) is 19.1 Å². The lowest BCUT2D eigenvalue weighted by molar-refractivity contribution is -0.143. The topological polar surface area (TPSA) is 72.8 Å². The normalized spacial score (nSPS) is 11.9. The minimum atomic E-state index is -0.988. The van der Waals surface area contributed by atoms with Crippen LogP contribution in [0, 0.1) is 0 Å². The molecule has 0 saturated carbocycles. The Morgan fingerprint density at radius 3 is 2.74 bits per heavy atom. The summed E-state index contributed by atoms with van der Waals surface area (Å²) in [5.74, 6) is -1.33. The first-order chi connectivity index (χ1) is 9.04. The van der Waals surface area contributed by atoms with Gasteiger partial charge in [0, 0.05) is 12.0 Å². The van der Waals surface area contributed by atoms with Crippen molar-refractivity contribution in [3.05, 3.63) is 29.8 Å². The molecule has 0 aliphatic carbocycles. The van der Waals surface area contributed by atoms with Gasteiger partial charge >= 0.3 is 11.9 Å². The van der Waals surface area contributed by atoms with Crippen LogP contribution in [0.25, 0.3) is 0 Å². The highest BCUT2D eigenvalue weighted by atomic mass is 32.2. The summed E-state index contributed by atoms with van der Waals surface area (Å²) in [6.07, 6.45) is 0. The lowest BCUT2D eigenvalue weighted by Crippen LogP contribution is -2.19. The number of carbonyl (C=O) groups is 2. The third-order valence-corrected chi connectivity index (χ3v) is 3.33. The number of ether oxygens (including phenoxy) is 2. The fraction of sp³-hybridized carbons (Fsp3) is 0.385. The fourth-order valence-corrected chi connectivity index (χ4v) is 2.22. The SMILES string of the molecule is COCCOC(=O)C(C)Sc1cccc(C(=O)O)c1. The number of carbonyl (C=O) groups excluding carboxylic acids is 1. The van der Waals surface area contributed by atoms with Crippen molar-refractivity contribution in [2.75, 3.05) is 20.3 Å². The molecular weight excluding hydrogens is 268 g/mol. The molecule has 19 heavy (non-hydrogen) atoms. The van der Waals surface area contributed by atoms with Gasteiger partial charge in [-0.3, -0.25) is 4.79 Å². The van der Waals surface area contributed by atoms with Crippen molar-refractivity contribution in [2.45, 2.75) is 17.1 Å². The summed E-state index contributed by atoms with van der Waals surface area (Å²) in [4.78, 5) is 23.2. The second-order valence-electron chi connectivity index (χ2n) is 3.75. The maximum atomic E-state index is 11.6. The molecule has 0 heterocycles. The van der Waals surface area contributed by atoms with Crippen LogP contribution in [0.15, 0.2) is 29.2 Å². The number of thioether (sulfide) groups is 1. The Morgan fingerprint density at radius 2 is 2.11 bits per heavy atom. The summed E-state index contributed by atoms with van der Waals surface area (Å²) in [7, 11) is 1.53. The Hall–Kier alpha value is -1.53. The summed E-state index contributed by atoms with van der Waals surface area (Å²) in [5.41, 5.74) is 0.199. The molecule has 0 aliphatic heterocycles. The molecule has 1 atom stereocenters. The van der Waals surface area contributed by atoms with Crippen LogP contribution in [-0.2, 0) is 14.3 Å². The van der Waals surface area contributed by atoms with E-state index in [-0.39, 0.29) is 18.1 Å². The van der Waals surface area contributed by atoms with Crippen LogP contribution in [0.5, 0.6) is 0 Å². The molecule has 0 aliphatic rings. The number of hydrogen-bond acceptors (Lipinski definition) is 5. The number of methoxy groups -OCH3 is 1. The third kappa shape index (κ3) is 5.32. The first-order valence-corrected chi connectivity index (χ1v) is 6.58. The smallest absolute Gasteiger partial charge is 0.335 e. The number of rotatable bonds is 7. The maximum Gasteiger partial charge on any atom is 0.335 e. The number of hydrogen-bond donors (Lipinski definition) is 1. The zero-order valence-electron chi connectivity index (χ0n) is 10.8. The van der Waals surface area contributed by atoms with Crippen LogP contribution in [0.2, 0.25) is 0 Å². The standard InChI is InChI=1S/C13H16O5S/c1-9(13(16)18-7-6-17-2)19-11-5-3-4-10(8-11)12(14)15/h3-5,8-9H,6-7H2,1-2H3,(H,14,15). The van der Waals surface area contributed by atoms with E-state index < -0.39 is 11.2 Å². The Bertz CT molecular complexity index is 446. The first kappa shape index (κ1) is 15.5. The number of carboxylic acid groups (broad SMARTS) is 1. The second kappa shape index (κ2) is 7.81. The van der Waals surface area contributed by atoms with Crippen LogP contribution >= 0.6 is 11.8 Å². The van der Waals surface area contributed by atoms with E-state index in [0.29, 0.717) is 6.61 Å². The molecule has 0 bridgehead atoms. The van der Waals surface area contributed by atoms with Gasteiger partial charge in [0.2, 0.25) is 0 Å². The Labute approximate surface area is 115 Å². The van der Waals surface area contributed by atoms with Gasteiger partial charge in [-0.05, 0) is 25.1 Å². The van der Waals surface area contributed by atoms with Crippen molar-refractivity contribution < 1.29 is 24.2 Å². The van der Waals surface area contributed by atoms with Crippen molar-refractivity contribution in [1.29, 1.82) is 0 Å². The van der Waals surface area contributed by atoms with Crippen molar-refractivity contribution in [2.24, 2.45) is 0 Å². The van der Waals surface area contributed by atoms with E-state index in [1.165, 1.54) is 31.0 Å². The van der Waals surface area contributed by atoms with Gasteiger partial charge in [-0.2, -0.15) is 0 Å². The van der Waals surface area contributed by atoms with Crippen LogP contribution in [0.3, 0.4) is 0 Å². The van der Waals surface area contributed by atoms with Gasteiger partial charge in [-0.25, -0.2) is 4.79 Å². The van der Waals surface area contributed by atoms with Gasteiger partial charge in [-0.15, -0.1) is 11.8 Å². The molecule has 1 aromatic rings. The zero-order chi connectivity index (χ0) is 14.3. The summed E-state index contributed by atoms with van der Waals surface area (Å²) in [5, 5.41) is 8.48. The van der Waals surface area contributed by atoms with E-state index >= 15 is 0 Å². The Kier molecular flexibility index (Phi) is 6.38. The van der Waals surface area contributed by atoms with Crippen molar-refractivity contribution in [1.82, 2.24) is 0 Å². The van der Waals surface area contributed by atoms with Gasteiger partial charge in [0.15, 0.2) is 0 Å². The molecule has 6 heteroatoms. The van der Waals surface area contributed by atoms with Crippen molar-refractivity contribution >= 4 is 23.7 Å². The molecule has 0 saturated heterocycles. The van der Waals surface area contributed by atoms with E-state index in [9.17, 15) is 9.59 Å². The van der Waals surface area contributed by atoms with Gasteiger partial charge < -0.3 is 14.6 Å². The summed E-state index contributed by atoms with van der Waals surface area (Å²) >= 11 is 1.26. The minimum absolute atomic E-state index is 0.199. The van der Waals surface area contributed by atoms with Gasteiger partial charge in [0.25, 0.3) is 0 Å². The quantitative estimate of drug-likeness (QED) is 0.469. The maximum absolute atomic E-state index is 11.6. The van der Waals surface area contributed by atoms with E-state index in [4.69, 9.17) is 14.6 Å². The summed E-state index contributed by atoms with van der Waals surface area (Å²) in [6, 6.07) is 6.45. The highest BCUT2D eigenvalue weighted by Gasteiger charge is 2.16. The zero-order valence-corrected chi connectivity index (χ0v) is 11.6. The molecule has 1 aromatic carbocycles. The minimum Gasteiger partial charge on any atom is -0.478 e. The van der Waals surface area contributed by atoms with Crippen molar-refractivity contribution in [3.8, 4) is 0 Å². The third-order valence-electron chi connectivity index (χ3n) is 2.26. The molecule has 0 amide bonds. The number of esters is 1. The van der Waals surface area contributed by atoms with E-state index in [0.717, 1.165) is 4.90 Å². The molecule has 1 unspecified atom stereocenters. The van der Waals surface area contributed by atoms with Crippen LogP contribution in [0.4, 0.5) is 0 Å². The second-order valence-corrected chi connectivity index (χ2v) is 5.17. The van der Waals surface area contributed by atoms with Gasteiger partial charge in [0.1, 0.15) is 11.9 Å². The number of benzene rings is 1. The number of carboxylic acids is 1. The average molecular weight is 284 g/mol. The lowest BCUT2D eigenvalue weighted by Gasteiger charge is -2.11. The Morgan fingerprint density at radius 1 is 1.37 bits per heavy atom. The molecule has 1 N–H and O–H groups in total. The molecule has 1 rings (SSSR count). The number of aromatic carboxylic acids is 1. The lowest BCUT2D eigenvalue weighted by atomic mass is 10.2. The predicted octanol–water partition coefficient (Wildman–Crippen LogP) is 2.06. The van der Waals surface area contributed by atoms with E-state index in [1.807, 2.05) is 0 Å². The molecule has 104 valence electrons. The highest BCUT2D eigenvalue weighted by Crippen LogP contribution is 2.24. The van der Waals surface area contributed by atoms with Crippen molar-refractivity contribution in [3.63, 3.8) is 0 Å². The average Bonchev–Trinajstić information content (AvgIpc) is 2.39. The predicted molar refractivity (Wildman–Crippen MR) is 71.6 cm³/mol. The Balaban J connectivity index is 2.56. The van der Waals surface area contributed by atoms with Gasteiger partial charge in [0.05, 0.1) is 12.2 Å². The highest BCUT2D eigenvalue weighted by molar-refractivity contribution is 8.00. The summed E-state index contributed by atoms with van der Waals surface area (Å²) in [6.45, 7) is 2.29. The van der Waals surface area contributed by atoms with Crippen LogP contribution in [-0.4, -0.2) is 42.6 Å². The molecule has 0 spiro atoms. The van der Waals surface area contributed by atoms with Gasteiger partial charge in [-0.1, -0.05) is 6.07 Å². The first-order valence-electron chi connectivity index (χ1n) is 5.70. The molecule has 5 nitrogen and oxygen atoms in total. The monoisotopic (exact) mass is 284 g/mol. The van der Waals surface area contributed by atoms with Crippen LogP contribution < -0.4 is 0 Å². The summed E-state index contributed by atoms with van der Waals surface area (Å²) < 4.78 is 9.78. The molecular formula is C13H16O5S.